The molecule has 0 bridgehead atoms. The summed E-state index contributed by atoms with van der Waals surface area (Å²) in [5.74, 6) is 0.278. The van der Waals surface area contributed by atoms with Gasteiger partial charge in [-0.15, -0.1) is 0 Å². The van der Waals surface area contributed by atoms with E-state index in [1.54, 1.807) is 50.2 Å². The molecule has 13 heteroatoms. The van der Waals surface area contributed by atoms with E-state index in [2.05, 4.69) is 21.2 Å². The Kier molecular flexibility index (Phi) is 10.3. The average Bonchev–Trinajstić information content (AvgIpc) is 2.94. The van der Waals surface area contributed by atoms with Gasteiger partial charge in [-0.2, -0.15) is 10.4 Å². The first kappa shape index (κ1) is 29.3. The van der Waals surface area contributed by atoms with E-state index < -0.39 is 23.9 Å². The average molecular weight is 552 g/mol. The van der Waals surface area contributed by atoms with Crippen molar-refractivity contribution in [1.29, 1.82) is 5.26 Å². The number of rotatable bonds is 12. The number of urea groups is 1. The highest BCUT2D eigenvalue weighted by molar-refractivity contribution is 5.95. The van der Waals surface area contributed by atoms with Gasteiger partial charge in [0, 0.05) is 5.70 Å². The number of benzene rings is 2. The van der Waals surface area contributed by atoms with E-state index in [0.717, 1.165) is 0 Å². The molecule has 2 aromatic rings. The Morgan fingerprint density at radius 2 is 1.77 bits per heavy atom. The van der Waals surface area contributed by atoms with Crippen molar-refractivity contribution in [2.75, 3.05) is 34.0 Å². The minimum atomic E-state index is -0.779. The van der Waals surface area contributed by atoms with Gasteiger partial charge in [0.2, 0.25) is 0 Å². The molecule has 3 amide bonds. The molecule has 13 nitrogen and oxygen atoms in total. The molecule has 210 valence electrons. The van der Waals surface area contributed by atoms with Gasteiger partial charge in [-0.25, -0.2) is 15.0 Å². The highest BCUT2D eigenvalue weighted by Gasteiger charge is 2.32. The second-order valence-corrected chi connectivity index (χ2v) is 8.14. The Hall–Kier alpha value is -5.25. The third kappa shape index (κ3) is 7.41. The molecule has 40 heavy (non-hydrogen) atoms. The summed E-state index contributed by atoms with van der Waals surface area (Å²) < 4.78 is 26.7. The Labute approximate surface area is 230 Å². The van der Waals surface area contributed by atoms with E-state index >= 15 is 0 Å². The first-order chi connectivity index (χ1) is 19.3. The Balaban J connectivity index is 1.65. The fourth-order valence-corrected chi connectivity index (χ4v) is 3.75. The first-order valence-corrected chi connectivity index (χ1v) is 12.1. The molecule has 0 aliphatic carbocycles. The second kappa shape index (κ2) is 14.1. The lowest BCUT2D eigenvalue weighted by atomic mass is 9.95. The highest BCUT2D eigenvalue weighted by atomic mass is 16.5. The van der Waals surface area contributed by atoms with Crippen molar-refractivity contribution in [2.45, 2.75) is 19.9 Å². The lowest BCUT2D eigenvalue weighted by molar-refractivity contribution is -0.139. The van der Waals surface area contributed by atoms with Gasteiger partial charge in [-0.3, -0.25) is 4.79 Å². The van der Waals surface area contributed by atoms with E-state index in [1.807, 2.05) is 6.07 Å². The lowest BCUT2D eigenvalue weighted by Crippen LogP contribution is -2.45. The fraction of sp³-hybridized carbons (Fsp3) is 0.296. The maximum atomic E-state index is 12.6. The zero-order valence-electron chi connectivity index (χ0n) is 22.4. The molecule has 0 radical (unpaired) electrons. The predicted molar refractivity (Wildman–Crippen MR) is 142 cm³/mol. The van der Waals surface area contributed by atoms with Crippen molar-refractivity contribution in [3.8, 4) is 29.1 Å². The molecule has 2 aromatic carbocycles. The molecule has 0 saturated carbocycles. The number of allylic oxidation sites excluding steroid dienone is 1. The summed E-state index contributed by atoms with van der Waals surface area (Å²) in [5.41, 5.74) is 4.18. The van der Waals surface area contributed by atoms with Crippen LogP contribution in [0.3, 0.4) is 0 Å². The van der Waals surface area contributed by atoms with Crippen LogP contribution in [0.2, 0.25) is 0 Å². The number of methoxy groups -OCH3 is 2. The topological polar surface area (TPSA) is 170 Å². The quantitative estimate of drug-likeness (QED) is 0.204. The number of nitriles is 1. The second-order valence-electron chi connectivity index (χ2n) is 8.14. The number of amides is 3. The Bertz CT molecular complexity index is 1370. The van der Waals surface area contributed by atoms with Gasteiger partial charge < -0.3 is 34.3 Å². The van der Waals surface area contributed by atoms with Crippen LogP contribution in [-0.4, -0.2) is 58.2 Å². The first-order valence-electron chi connectivity index (χ1n) is 12.1. The summed E-state index contributed by atoms with van der Waals surface area (Å²) in [6.45, 7) is 3.00. The van der Waals surface area contributed by atoms with E-state index in [-0.39, 0.29) is 36.9 Å². The molecule has 0 saturated heterocycles. The van der Waals surface area contributed by atoms with Crippen molar-refractivity contribution >= 4 is 24.1 Å². The third-order valence-corrected chi connectivity index (χ3v) is 5.53. The molecule has 0 unspecified atom stereocenters. The number of hydrazone groups is 1. The van der Waals surface area contributed by atoms with Gasteiger partial charge in [-0.05, 0) is 55.3 Å². The molecule has 1 aliphatic heterocycles. The van der Waals surface area contributed by atoms with Gasteiger partial charge in [0.25, 0.3) is 5.91 Å². The van der Waals surface area contributed by atoms with Crippen molar-refractivity contribution < 1.29 is 38.1 Å². The van der Waals surface area contributed by atoms with Crippen molar-refractivity contribution in [3.63, 3.8) is 0 Å². The molecule has 1 heterocycles. The standard InChI is InChI=1S/C27H29N5O8/c1-5-38-26(34)24-16(2)30-27(35)31-25(24)18-7-9-20(22(13-18)37-4)40-15-23(33)32-29-14-17-6-8-19(39-11-10-28)21(12-17)36-3/h6-9,12-14,25H,5,11,15H2,1-4H3,(H,32,33)(H2,30,31,35)/b29-14-/t25-/m1/s1. The van der Waals surface area contributed by atoms with Gasteiger partial charge in [-0.1, -0.05) is 6.07 Å². The highest BCUT2D eigenvalue weighted by Crippen LogP contribution is 2.34. The summed E-state index contributed by atoms with van der Waals surface area (Å²) in [7, 11) is 2.89. The van der Waals surface area contributed by atoms with E-state index in [1.165, 1.54) is 20.4 Å². The number of nitrogens with zero attached hydrogens (tertiary/aromatic N) is 2. The normalized spacial score (nSPS) is 14.5. The molecular formula is C27H29N5O8. The molecule has 0 aromatic heterocycles. The molecule has 0 spiro atoms. The number of hydrogen-bond acceptors (Lipinski definition) is 10. The van der Waals surface area contributed by atoms with Crippen LogP contribution in [0.15, 0.2) is 52.8 Å². The molecule has 3 N–H and O–H groups in total. The van der Waals surface area contributed by atoms with Gasteiger partial charge in [0.05, 0.1) is 38.7 Å². The SMILES string of the molecule is CCOC(=O)C1=C(C)NC(=O)N[C@@H]1c1ccc(OCC(=O)N/N=C\c2ccc(OCC#N)c(OC)c2)c(OC)c1. The van der Waals surface area contributed by atoms with E-state index in [4.69, 9.17) is 28.9 Å². The molecular weight excluding hydrogens is 522 g/mol. The number of nitrogens with one attached hydrogen (secondary N) is 3. The van der Waals surface area contributed by atoms with Gasteiger partial charge in [0.15, 0.2) is 36.2 Å². The van der Waals surface area contributed by atoms with Gasteiger partial charge >= 0.3 is 12.0 Å². The van der Waals surface area contributed by atoms with Crippen molar-refractivity contribution in [3.05, 3.63) is 58.8 Å². The van der Waals surface area contributed by atoms with Crippen LogP contribution in [0.25, 0.3) is 0 Å². The maximum Gasteiger partial charge on any atom is 0.338 e. The number of carbonyl (C=O) groups is 3. The van der Waals surface area contributed by atoms with Crippen LogP contribution in [0.1, 0.15) is 31.0 Å². The van der Waals surface area contributed by atoms with Crippen molar-refractivity contribution in [2.24, 2.45) is 5.10 Å². The Morgan fingerprint density at radius 1 is 1.07 bits per heavy atom. The monoisotopic (exact) mass is 551 g/mol. The summed E-state index contributed by atoms with van der Waals surface area (Å²) in [6.07, 6.45) is 1.41. The minimum Gasteiger partial charge on any atom is -0.493 e. The van der Waals surface area contributed by atoms with Crippen LogP contribution in [-0.2, 0) is 14.3 Å². The van der Waals surface area contributed by atoms with E-state index in [9.17, 15) is 14.4 Å². The van der Waals surface area contributed by atoms with E-state index in [0.29, 0.717) is 28.3 Å². The van der Waals surface area contributed by atoms with Crippen LogP contribution in [0, 0.1) is 11.3 Å². The smallest absolute Gasteiger partial charge is 0.338 e. The van der Waals surface area contributed by atoms with Crippen LogP contribution in [0.4, 0.5) is 4.79 Å². The maximum absolute atomic E-state index is 12.6. The molecule has 3 rings (SSSR count). The molecule has 1 atom stereocenters. The zero-order chi connectivity index (χ0) is 29.1. The third-order valence-electron chi connectivity index (χ3n) is 5.53. The molecule has 0 fully saturated rings. The van der Waals surface area contributed by atoms with Crippen LogP contribution in [0.5, 0.6) is 23.0 Å². The number of carbonyl (C=O) groups excluding carboxylic acids is 3. The van der Waals surface area contributed by atoms with Crippen LogP contribution < -0.4 is 35.0 Å². The number of esters is 1. The summed E-state index contributed by atoms with van der Waals surface area (Å²) >= 11 is 0. The molecule has 1 aliphatic rings. The minimum absolute atomic E-state index is 0.118. The summed E-state index contributed by atoms with van der Waals surface area (Å²) in [5, 5.41) is 17.9. The van der Waals surface area contributed by atoms with Gasteiger partial charge in [0.1, 0.15) is 6.07 Å². The summed E-state index contributed by atoms with van der Waals surface area (Å²) in [6, 6.07) is 10.4. The Morgan fingerprint density at radius 3 is 2.48 bits per heavy atom. The number of ether oxygens (including phenoxy) is 5. The van der Waals surface area contributed by atoms with Crippen molar-refractivity contribution in [1.82, 2.24) is 16.1 Å². The predicted octanol–water partition coefficient (Wildman–Crippen LogP) is 2.33. The fourth-order valence-electron chi connectivity index (χ4n) is 3.75. The zero-order valence-corrected chi connectivity index (χ0v) is 22.4. The van der Waals surface area contributed by atoms with Crippen LogP contribution >= 0.6 is 0 Å². The lowest BCUT2D eigenvalue weighted by Gasteiger charge is -2.28. The largest absolute Gasteiger partial charge is 0.493 e. The number of hydrogen-bond donors (Lipinski definition) is 3. The summed E-state index contributed by atoms with van der Waals surface area (Å²) in [4.78, 5) is 36.9.